The summed E-state index contributed by atoms with van der Waals surface area (Å²) in [6.45, 7) is 0.603. The fourth-order valence-corrected chi connectivity index (χ4v) is 2.59. The van der Waals surface area contributed by atoms with Gasteiger partial charge in [0.1, 0.15) is 0 Å². The van der Waals surface area contributed by atoms with Crippen molar-refractivity contribution in [3.05, 3.63) is 58.7 Å². The maximum atomic E-state index is 11.9. The topological polar surface area (TPSA) is 47.6 Å². The van der Waals surface area contributed by atoms with E-state index >= 15 is 0 Å². The Kier molecular flexibility index (Phi) is 3.83. The number of carbonyl (C=O) groups is 1. The Hall–Kier alpha value is -2.75. The first kappa shape index (κ1) is 14.2. The molecule has 4 heteroatoms. The van der Waals surface area contributed by atoms with E-state index < -0.39 is 0 Å². The molecular formula is C18H17NO3. The Morgan fingerprint density at radius 1 is 1.05 bits per heavy atom. The van der Waals surface area contributed by atoms with E-state index in [1.54, 1.807) is 14.2 Å². The first-order chi connectivity index (χ1) is 10.7. The van der Waals surface area contributed by atoms with E-state index in [0.717, 1.165) is 22.3 Å². The molecule has 2 aromatic rings. The molecule has 0 atom stereocenters. The molecule has 4 nitrogen and oxygen atoms in total. The monoisotopic (exact) mass is 295 g/mol. The van der Waals surface area contributed by atoms with E-state index in [4.69, 9.17) is 9.47 Å². The first-order valence-corrected chi connectivity index (χ1v) is 7.03. The Morgan fingerprint density at radius 3 is 2.64 bits per heavy atom. The van der Waals surface area contributed by atoms with E-state index in [2.05, 4.69) is 5.32 Å². The Balaban J connectivity index is 1.93. The van der Waals surface area contributed by atoms with Crippen molar-refractivity contribution in [2.45, 2.75) is 6.54 Å². The minimum atomic E-state index is -0.0115. The van der Waals surface area contributed by atoms with E-state index in [-0.39, 0.29) is 5.91 Å². The second-order valence-electron chi connectivity index (χ2n) is 5.01. The zero-order chi connectivity index (χ0) is 15.5. The summed E-state index contributed by atoms with van der Waals surface area (Å²) in [5.74, 6) is 1.36. The van der Waals surface area contributed by atoms with Crippen molar-refractivity contribution in [2.75, 3.05) is 14.2 Å². The van der Waals surface area contributed by atoms with Gasteiger partial charge in [-0.05, 0) is 28.8 Å². The average molecular weight is 295 g/mol. The van der Waals surface area contributed by atoms with Crippen molar-refractivity contribution in [1.29, 1.82) is 0 Å². The van der Waals surface area contributed by atoms with E-state index in [0.29, 0.717) is 18.0 Å². The van der Waals surface area contributed by atoms with Crippen LogP contribution in [0.5, 0.6) is 11.5 Å². The van der Waals surface area contributed by atoms with Gasteiger partial charge < -0.3 is 14.8 Å². The van der Waals surface area contributed by atoms with Gasteiger partial charge in [0, 0.05) is 6.54 Å². The lowest BCUT2D eigenvalue weighted by Gasteiger charge is -2.07. The van der Waals surface area contributed by atoms with Crippen LogP contribution in [0.2, 0.25) is 0 Å². The van der Waals surface area contributed by atoms with E-state index in [9.17, 15) is 4.79 Å². The van der Waals surface area contributed by atoms with Gasteiger partial charge in [0.25, 0.3) is 5.91 Å². The maximum absolute atomic E-state index is 11.9. The van der Waals surface area contributed by atoms with Gasteiger partial charge >= 0.3 is 0 Å². The molecule has 1 amide bonds. The largest absolute Gasteiger partial charge is 0.493 e. The van der Waals surface area contributed by atoms with Crippen LogP contribution >= 0.6 is 0 Å². The summed E-state index contributed by atoms with van der Waals surface area (Å²) in [5.41, 5.74) is 3.70. The highest BCUT2D eigenvalue weighted by atomic mass is 16.5. The number of nitrogens with one attached hydrogen (secondary N) is 1. The van der Waals surface area contributed by atoms with Crippen LogP contribution in [0.15, 0.2) is 36.4 Å². The summed E-state index contributed by atoms with van der Waals surface area (Å²) in [5, 5.41) is 2.85. The second-order valence-corrected chi connectivity index (χ2v) is 5.01. The molecule has 0 saturated carbocycles. The SMILES string of the molecule is COc1ccc(/C=C/c2cccc3c2C(=O)NC3)cc1OC. The predicted octanol–water partition coefficient (Wildman–Crippen LogP) is 3.12. The van der Waals surface area contributed by atoms with Crippen LogP contribution < -0.4 is 14.8 Å². The summed E-state index contributed by atoms with van der Waals surface area (Å²) < 4.78 is 10.5. The van der Waals surface area contributed by atoms with Gasteiger partial charge in [0.2, 0.25) is 0 Å². The molecule has 1 aliphatic heterocycles. The van der Waals surface area contributed by atoms with Gasteiger partial charge in [-0.2, -0.15) is 0 Å². The van der Waals surface area contributed by atoms with Crippen molar-refractivity contribution in [3.63, 3.8) is 0 Å². The molecule has 0 fully saturated rings. The van der Waals surface area contributed by atoms with E-state index in [1.807, 2.05) is 48.6 Å². The highest BCUT2D eigenvalue weighted by Gasteiger charge is 2.20. The smallest absolute Gasteiger partial charge is 0.252 e. The lowest BCUT2D eigenvalue weighted by atomic mass is 10.0. The normalized spacial score (nSPS) is 13.1. The zero-order valence-electron chi connectivity index (χ0n) is 12.6. The van der Waals surface area contributed by atoms with Gasteiger partial charge in [0.15, 0.2) is 11.5 Å². The third kappa shape index (κ3) is 2.55. The summed E-state index contributed by atoms with van der Waals surface area (Å²) in [4.78, 5) is 11.9. The number of ether oxygens (including phenoxy) is 2. The first-order valence-electron chi connectivity index (χ1n) is 7.03. The number of hydrogen-bond acceptors (Lipinski definition) is 3. The van der Waals surface area contributed by atoms with Gasteiger partial charge in [-0.3, -0.25) is 4.79 Å². The van der Waals surface area contributed by atoms with E-state index in [1.165, 1.54) is 0 Å². The lowest BCUT2D eigenvalue weighted by Crippen LogP contribution is -2.13. The molecule has 1 N–H and O–H groups in total. The van der Waals surface area contributed by atoms with Crippen molar-refractivity contribution in [3.8, 4) is 11.5 Å². The Labute approximate surface area is 129 Å². The third-order valence-electron chi connectivity index (χ3n) is 3.71. The van der Waals surface area contributed by atoms with Crippen LogP contribution in [0.25, 0.3) is 12.2 Å². The Bertz CT molecular complexity index is 750. The summed E-state index contributed by atoms with van der Waals surface area (Å²) in [6, 6.07) is 11.6. The highest BCUT2D eigenvalue weighted by Crippen LogP contribution is 2.28. The van der Waals surface area contributed by atoms with Gasteiger partial charge in [0.05, 0.1) is 19.8 Å². The number of benzene rings is 2. The van der Waals surface area contributed by atoms with Crippen LogP contribution in [-0.2, 0) is 6.54 Å². The number of hydrogen-bond donors (Lipinski definition) is 1. The summed E-state index contributed by atoms with van der Waals surface area (Å²) in [7, 11) is 3.22. The molecule has 0 bridgehead atoms. The molecule has 0 radical (unpaired) electrons. The molecule has 1 heterocycles. The van der Waals surface area contributed by atoms with Gasteiger partial charge in [-0.25, -0.2) is 0 Å². The minimum absolute atomic E-state index is 0.0115. The number of methoxy groups -OCH3 is 2. The van der Waals surface area contributed by atoms with Crippen LogP contribution in [-0.4, -0.2) is 20.1 Å². The molecule has 0 aliphatic carbocycles. The average Bonchev–Trinajstić information content (AvgIpc) is 2.94. The number of carbonyl (C=O) groups excluding carboxylic acids is 1. The molecule has 0 unspecified atom stereocenters. The fourth-order valence-electron chi connectivity index (χ4n) is 2.59. The summed E-state index contributed by atoms with van der Waals surface area (Å²) in [6.07, 6.45) is 3.91. The van der Waals surface area contributed by atoms with Gasteiger partial charge in [-0.15, -0.1) is 0 Å². The van der Waals surface area contributed by atoms with Crippen molar-refractivity contribution in [2.24, 2.45) is 0 Å². The molecule has 0 saturated heterocycles. The third-order valence-corrected chi connectivity index (χ3v) is 3.71. The van der Waals surface area contributed by atoms with Crippen LogP contribution in [0.1, 0.15) is 27.0 Å². The highest BCUT2D eigenvalue weighted by molar-refractivity contribution is 6.02. The summed E-state index contributed by atoms with van der Waals surface area (Å²) >= 11 is 0. The predicted molar refractivity (Wildman–Crippen MR) is 86.1 cm³/mol. The fraction of sp³-hybridized carbons (Fsp3) is 0.167. The van der Waals surface area contributed by atoms with Crippen LogP contribution in [0.3, 0.4) is 0 Å². The van der Waals surface area contributed by atoms with Crippen LogP contribution in [0, 0.1) is 0 Å². The minimum Gasteiger partial charge on any atom is -0.493 e. The number of amides is 1. The van der Waals surface area contributed by atoms with Crippen molar-refractivity contribution in [1.82, 2.24) is 5.32 Å². The zero-order valence-corrected chi connectivity index (χ0v) is 12.6. The number of fused-ring (bicyclic) bond motifs is 1. The molecular weight excluding hydrogens is 278 g/mol. The molecule has 2 aromatic carbocycles. The maximum Gasteiger partial charge on any atom is 0.252 e. The standard InChI is InChI=1S/C18H17NO3/c1-21-15-9-7-12(10-16(15)22-2)6-8-13-4-3-5-14-11-19-18(20)17(13)14/h3-10H,11H2,1-2H3,(H,19,20)/b8-6+. The second kappa shape index (κ2) is 5.93. The van der Waals surface area contributed by atoms with Crippen molar-refractivity contribution < 1.29 is 14.3 Å². The number of rotatable bonds is 4. The molecule has 22 heavy (non-hydrogen) atoms. The molecule has 0 aromatic heterocycles. The molecule has 112 valence electrons. The lowest BCUT2D eigenvalue weighted by molar-refractivity contribution is 0.0965. The molecule has 0 spiro atoms. The Morgan fingerprint density at radius 2 is 1.86 bits per heavy atom. The quantitative estimate of drug-likeness (QED) is 0.882. The molecule has 3 rings (SSSR count). The molecule has 1 aliphatic rings. The van der Waals surface area contributed by atoms with Crippen LogP contribution in [0.4, 0.5) is 0 Å². The van der Waals surface area contributed by atoms with Gasteiger partial charge in [-0.1, -0.05) is 36.4 Å². The van der Waals surface area contributed by atoms with Crippen molar-refractivity contribution >= 4 is 18.1 Å².